The van der Waals surface area contributed by atoms with Crippen molar-refractivity contribution in [3.63, 3.8) is 0 Å². The van der Waals surface area contributed by atoms with Gasteiger partial charge in [0.05, 0.1) is 0 Å². The fraction of sp³-hybridized carbons (Fsp3) is 0.314. The van der Waals surface area contributed by atoms with Crippen LogP contribution in [0.4, 0.5) is 11.4 Å². The van der Waals surface area contributed by atoms with Crippen LogP contribution in [0.1, 0.15) is 82.4 Å². The van der Waals surface area contributed by atoms with Gasteiger partial charge in [-0.3, -0.25) is 0 Å². The zero-order valence-corrected chi connectivity index (χ0v) is 24.7. The molecular formula is C35H41B2N. The Kier molecular flexibility index (Phi) is 6.62. The molecule has 192 valence electrons. The SMILES string of the molecule is BC(C)c1ccc(-c2ccccc2)cc1N(c1c(C(B)C)ccc2c1C(C)(C)c1ccccc1-2)C(C)(C)C. The Hall–Kier alpha value is -3.19. The summed E-state index contributed by atoms with van der Waals surface area (Å²) in [6.07, 6.45) is 0. The number of benzene rings is 4. The predicted molar refractivity (Wildman–Crippen MR) is 172 cm³/mol. The molecule has 3 heteroatoms. The molecule has 38 heavy (non-hydrogen) atoms. The van der Waals surface area contributed by atoms with Crippen LogP contribution in [0, 0.1) is 0 Å². The minimum absolute atomic E-state index is 0.0926. The van der Waals surface area contributed by atoms with E-state index in [4.69, 9.17) is 0 Å². The van der Waals surface area contributed by atoms with Crippen molar-refractivity contribution in [3.05, 3.63) is 107 Å². The number of rotatable bonds is 5. The number of anilines is 2. The van der Waals surface area contributed by atoms with Crippen LogP contribution in [-0.4, -0.2) is 21.2 Å². The van der Waals surface area contributed by atoms with Gasteiger partial charge in [0.2, 0.25) is 0 Å². The van der Waals surface area contributed by atoms with E-state index >= 15 is 0 Å². The summed E-state index contributed by atoms with van der Waals surface area (Å²) in [5.41, 5.74) is 13.4. The van der Waals surface area contributed by atoms with Crippen LogP contribution in [0.25, 0.3) is 22.3 Å². The summed E-state index contributed by atoms with van der Waals surface area (Å²) >= 11 is 0. The highest BCUT2D eigenvalue weighted by molar-refractivity contribution is 6.14. The molecule has 0 bridgehead atoms. The van der Waals surface area contributed by atoms with E-state index < -0.39 is 0 Å². The first-order valence-electron chi connectivity index (χ1n) is 14.2. The fourth-order valence-electron chi connectivity index (χ4n) is 6.42. The molecule has 0 amide bonds. The molecule has 0 saturated carbocycles. The highest BCUT2D eigenvalue weighted by Crippen LogP contribution is 2.56. The van der Waals surface area contributed by atoms with Gasteiger partial charge in [-0.15, -0.1) is 0 Å². The fourth-order valence-corrected chi connectivity index (χ4v) is 6.42. The molecule has 4 aromatic carbocycles. The van der Waals surface area contributed by atoms with Gasteiger partial charge in [0, 0.05) is 22.3 Å². The van der Waals surface area contributed by atoms with Gasteiger partial charge in [-0.25, -0.2) is 0 Å². The molecule has 0 N–H and O–H groups in total. The second kappa shape index (κ2) is 9.53. The third-order valence-electron chi connectivity index (χ3n) is 8.24. The largest absolute Gasteiger partial charge is 0.335 e. The minimum Gasteiger partial charge on any atom is -0.335 e. The molecular weight excluding hydrogens is 456 g/mol. The molecule has 2 atom stereocenters. The molecule has 0 fully saturated rings. The van der Waals surface area contributed by atoms with E-state index in [0.717, 1.165) is 0 Å². The smallest absolute Gasteiger partial charge is 0.110 e. The summed E-state index contributed by atoms with van der Waals surface area (Å²) in [6, 6.07) is 31.7. The summed E-state index contributed by atoms with van der Waals surface area (Å²) in [4.78, 5) is 2.68. The highest BCUT2D eigenvalue weighted by atomic mass is 15.2. The topological polar surface area (TPSA) is 3.24 Å². The zero-order chi connectivity index (χ0) is 27.4. The standard InChI is InChI=1S/C35H41B2N/c1-22(36)26-18-17-25(24-13-9-8-10-14-24)21-31(26)38(34(3,4)5)33-27(23(2)37)19-20-29-28-15-11-12-16-30(28)35(6,7)32(29)33/h8-23H,36-37H2,1-7H3. The van der Waals surface area contributed by atoms with Gasteiger partial charge in [-0.05, 0) is 83.0 Å². The summed E-state index contributed by atoms with van der Waals surface area (Å²) in [5, 5.41) is 0. The van der Waals surface area contributed by atoms with Gasteiger partial charge in [-0.2, -0.15) is 0 Å². The van der Waals surface area contributed by atoms with Gasteiger partial charge in [-0.1, -0.05) is 107 Å². The molecule has 4 aromatic rings. The lowest BCUT2D eigenvalue weighted by Gasteiger charge is -2.44. The summed E-state index contributed by atoms with van der Waals surface area (Å²) in [5.74, 6) is 0.809. The first-order chi connectivity index (χ1) is 17.9. The van der Waals surface area contributed by atoms with E-state index in [1.165, 1.54) is 55.9 Å². The van der Waals surface area contributed by atoms with Crippen LogP contribution in [0.2, 0.25) is 0 Å². The average Bonchev–Trinajstić information content (AvgIpc) is 3.11. The molecule has 0 heterocycles. The van der Waals surface area contributed by atoms with Crippen LogP contribution in [0.15, 0.2) is 84.9 Å². The Morgan fingerprint density at radius 1 is 0.684 bits per heavy atom. The molecule has 0 aromatic heterocycles. The van der Waals surface area contributed by atoms with Crippen LogP contribution < -0.4 is 4.90 Å². The van der Waals surface area contributed by atoms with Crippen LogP contribution in [-0.2, 0) is 5.41 Å². The van der Waals surface area contributed by atoms with Gasteiger partial charge >= 0.3 is 0 Å². The molecule has 2 unspecified atom stereocenters. The van der Waals surface area contributed by atoms with E-state index in [2.05, 4.69) is 154 Å². The van der Waals surface area contributed by atoms with Crippen molar-refractivity contribution in [2.75, 3.05) is 4.90 Å². The quantitative estimate of drug-likeness (QED) is 0.253. The van der Waals surface area contributed by atoms with Crippen LogP contribution in [0.5, 0.6) is 0 Å². The summed E-state index contributed by atoms with van der Waals surface area (Å²) in [7, 11) is 4.66. The first-order valence-corrected chi connectivity index (χ1v) is 14.2. The van der Waals surface area contributed by atoms with E-state index in [9.17, 15) is 0 Å². The van der Waals surface area contributed by atoms with Crippen molar-refractivity contribution in [2.45, 2.75) is 71.1 Å². The van der Waals surface area contributed by atoms with Gasteiger partial charge in [0.15, 0.2) is 0 Å². The first kappa shape index (κ1) is 26.4. The maximum absolute atomic E-state index is 2.68. The Morgan fingerprint density at radius 2 is 1.29 bits per heavy atom. The van der Waals surface area contributed by atoms with Crippen LogP contribution in [0.3, 0.4) is 0 Å². The molecule has 1 aliphatic carbocycles. The highest BCUT2D eigenvalue weighted by Gasteiger charge is 2.42. The van der Waals surface area contributed by atoms with Crippen molar-refractivity contribution in [3.8, 4) is 22.3 Å². The molecule has 5 rings (SSSR count). The summed E-state index contributed by atoms with van der Waals surface area (Å²) < 4.78 is 0. The molecule has 0 spiro atoms. The van der Waals surface area contributed by atoms with Gasteiger partial charge in [0.1, 0.15) is 15.7 Å². The van der Waals surface area contributed by atoms with Gasteiger partial charge in [0.25, 0.3) is 0 Å². The number of fused-ring (bicyclic) bond motifs is 3. The lowest BCUT2D eigenvalue weighted by molar-refractivity contribution is 0.549. The van der Waals surface area contributed by atoms with E-state index in [0.29, 0.717) is 11.6 Å². The Bertz CT molecular complexity index is 1480. The lowest BCUT2D eigenvalue weighted by Crippen LogP contribution is -2.40. The Morgan fingerprint density at radius 3 is 1.92 bits per heavy atom. The number of hydrogen-bond donors (Lipinski definition) is 0. The molecule has 0 radical (unpaired) electrons. The predicted octanol–water partition coefficient (Wildman–Crippen LogP) is 7.98. The van der Waals surface area contributed by atoms with Crippen LogP contribution >= 0.6 is 0 Å². The monoisotopic (exact) mass is 497 g/mol. The minimum atomic E-state index is -0.136. The Balaban J connectivity index is 1.88. The Labute approximate surface area is 232 Å². The third-order valence-corrected chi connectivity index (χ3v) is 8.24. The second-order valence-corrected chi connectivity index (χ2v) is 13.1. The number of hydrogen-bond acceptors (Lipinski definition) is 1. The maximum Gasteiger partial charge on any atom is 0.110 e. The summed E-state index contributed by atoms with van der Waals surface area (Å²) in [6.45, 7) is 16.6. The van der Waals surface area contributed by atoms with Crippen molar-refractivity contribution >= 4 is 27.1 Å². The van der Waals surface area contributed by atoms with E-state index in [-0.39, 0.29) is 11.0 Å². The van der Waals surface area contributed by atoms with E-state index in [1.54, 1.807) is 0 Å². The van der Waals surface area contributed by atoms with Gasteiger partial charge < -0.3 is 4.90 Å². The van der Waals surface area contributed by atoms with Crippen molar-refractivity contribution in [1.82, 2.24) is 0 Å². The number of nitrogens with zero attached hydrogens (tertiary/aromatic N) is 1. The van der Waals surface area contributed by atoms with E-state index in [1.807, 2.05) is 0 Å². The average molecular weight is 497 g/mol. The normalized spacial score (nSPS) is 15.4. The van der Waals surface area contributed by atoms with Crippen molar-refractivity contribution in [2.24, 2.45) is 0 Å². The van der Waals surface area contributed by atoms with Crippen molar-refractivity contribution in [1.29, 1.82) is 0 Å². The molecule has 1 aliphatic rings. The third kappa shape index (κ3) is 4.31. The molecule has 0 saturated heterocycles. The molecule has 1 nitrogen and oxygen atoms in total. The lowest BCUT2D eigenvalue weighted by atomic mass is 9.74. The van der Waals surface area contributed by atoms with Crippen molar-refractivity contribution < 1.29 is 0 Å². The zero-order valence-electron chi connectivity index (χ0n) is 24.7. The maximum atomic E-state index is 2.68. The molecule has 0 aliphatic heterocycles. The second-order valence-electron chi connectivity index (χ2n) is 13.1.